The van der Waals surface area contributed by atoms with E-state index in [0.29, 0.717) is 56.8 Å². The lowest BCUT2D eigenvalue weighted by Crippen LogP contribution is -2.31. The quantitative estimate of drug-likeness (QED) is 0.0192. The molecule has 12 rings (SSSR count). The van der Waals surface area contributed by atoms with Gasteiger partial charge in [0, 0.05) is 49.4 Å². The number of nitrogens with one attached hydrogen (secondary N) is 5. The van der Waals surface area contributed by atoms with Crippen LogP contribution < -0.4 is 43.2 Å². The highest BCUT2D eigenvalue weighted by atomic mass is 35.5. The summed E-state index contributed by atoms with van der Waals surface area (Å²) in [5.74, 6) is -7.14. The fourth-order valence-corrected chi connectivity index (χ4v) is 12.6. The number of aryl methyl sites for hydroxylation is 12. The first kappa shape index (κ1) is 124. The average molecular weight is 2000 g/mol. The van der Waals surface area contributed by atoms with E-state index < -0.39 is 68.6 Å². The van der Waals surface area contributed by atoms with Gasteiger partial charge in [-0.05, 0) is 293 Å². The van der Waals surface area contributed by atoms with Crippen LogP contribution in [-0.2, 0) is 14.8 Å². The Labute approximate surface area is 831 Å². The summed E-state index contributed by atoms with van der Waals surface area (Å²) in [5.41, 5.74) is 29.5. The highest BCUT2D eigenvalue weighted by Gasteiger charge is 2.17. The fraction of sp³-hybridized carbons (Fsp3) is 0.231. The van der Waals surface area contributed by atoms with Crippen LogP contribution >= 0.6 is 23.2 Å². The third-order valence-corrected chi connectivity index (χ3v) is 20.8. The molecule has 0 spiro atoms. The van der Waals surface area contributed by atoms with Crippen molar-refractivity contribution in [3.05, 3.63) is 410 Å². The van der Waals surface area contributed by atoms with Gasteiger partial charge in [-0.25, -0.2) is 44.3 Å². The molecular weight excluding hydrogens is 1880 g/mol. The van der Waals surface area contributed by atoms with E-state index in [1.807, 2.05) is 128 Å². The zero-order valence-electron chi connectivity index (χ0n) is 82.4. The minimum Gasteiger partial charge on any atom is -0.478 e. The van der Waals surface area contributed by atoms with Gasteiger partial charge in [0.1, 0.15) is 34.9 Å². The molecule has 33 heteroatoms. The Morgan fingerprint density at radius 1 is 0.369 bits per heavy atom. The van der Waals surface area contributed by atoms with Gasteiger partial charge in [0.15, 0.2) is 17.3 Å². The van der Waals surface area contributed by atoms with E-state index in [1.165, 1.54) is 93.2 Å². The third kappa shape index (κ3) is 50.0. The molecule has 12 aromatic rings. The van der Waals surface area contributed by atoms with Gasteiger partial charge in [-0.1, -0.05) is 171 Å². The van der Waals surface area contributed by atoms with Crippen molar-refractivity contribution in [3.8, 4) is 0 Å². The number of aliphatic hydroxyl groups excluding tert-OH is 1. The molecule has 0 bridgehead atoms. The topological polar surface area (TPSA) is 404 Å². The number of hydrogen-bond donors (Lipinski definition) is 10. The molecule has 0 saturated heterocycles. The zero-order chi connectivity index (χ0) is 107. The van der Waals surface area contributed by atoms with E-state index in [9.17, 15) is 87.5 Å². The molecule has 0 radical (unpaired) electrons. The van der Waals surface area contributed by atoms with Gasteiger partial charge in [-0.3, -0.25) is 47.9 Å². The number of carbonyl (C=O) groups is 11. The molecule has 141 heavy (non-hydrogen) atoms. The molecule has 12 aromatic carbocycles. The first-order valence-electron chi connectivity index (χ1n) is 43.3. The number of aliphatic hydroxyl groups is 1. The van der Waals surface area contributed by atoms with Crippen LogP contribution in [0.2, 0.25) is 10.0 Å². The van der Waals surface area contributed by atoms with Crippen molar-refractivity contribution in [2.24, 2.45) is 17.2 Å². The molecule has 0 unspecified atom stereocenters. The Bertz CT molecular complexity index is 6030. The number of sulfonamides is 1. The number of nitrogens with zero attached hydrogens (tertiary/aromatic N) is 1. The molecule has 7 amide bonds. The van der Waals surface area contributed by atoms with Crippen molar-refractivity contribution in [2.45, 2.75) is 129 Å². The van der Waals surface area contributed by atoms with Gasteiger partial charge in [0.2, 0.25) is 28.2 Å². The van der Waals surface area contributed by atoms with Crippen LogP contribution in [0.25, 0.3) is 0 Å². The number of halogens is 8. The van der Waals surface area contributed by atoms with Gasteiger partial charge in [-0.15, -0.1) is 0 Å². The summed E-state index contributed by atoms with van der Waals surface area (Å²) in [4.78, 5) is 121. The largest absolute Gasteiger partial charge is 0.478 e. The van der Waals surface area contributed by atoms with Crippen molar-refractivity contribution in [2.75, 3.05) is 52.7 Å². The Hall–Kier alpha value is -14.6. The summed E-state index contributed by atoms with van der Waals surface area (Å²) in [5, 5.41) is 28.0. The number of aromatic carboxylic acids is 1. The summed E-state index contributed by atoms with van der Waals surface area (Å²) < 4.78 is 103. The van der Waals surface area contributed by atoms with Crippen molar-refractivity contribution < 1.29 is 97.7 Å². The lowest BCUT2D eigenvalue weighted by Gasteiger charge is -2.10. The minimum atomic E-state index is -3.33. The standard InChI is InChI=1S/C12H17FN2O.C10H15NO2S.C10H13NO2.C9H10FNO.2C9H9FO.C9H10O.2C8H8ClNO.C8H8FNO.C8H7FO2.C8H9NO/c1-9-4-5-10(11(13)8-9)12(16)14-6-7-15(2)3;1-8(2)11-14(12,13)10-6-4-9(3)5-7-10;1-8-2-4-9(5-3-8)10(13)11-6-7-12;1-6-3-4-7(8(10)5-6)9(12)11-2;1-6-3-4-9(10)8(5-6)7(2)11;1-6-3-4-8(7(2)11)9(10)5-6;1-7-3-5-9(6-4-7)8(2)10;1-6-2-3-8(10-5-11)7(9)4-6;1-5-2-3-7(9)6(4-5)8(10)11;1-5-2-3-6(8(10)11)7(9)4-5;1-5-2-3-7(9)6(4-5)8(10)11;1-6-2-4-7(5-3-6)8(9)10/h4-5,8H,6-7H2,1-3H3,(H,14,16);4-8,11H,1-3H3;2-5,12H,6-7H2,1H3,(H,11,13);3-5H,1-2H3,(H,11,12);2*3-5H,1-2H3;3-6H,1-2H3;2-5H,1H3,(H,10,11);2*2-4H,1H3,(H2,10,11);2-4H,1H3,(H,10,11);2-5H,1H3,(H2,9,10). The van der Waals surface area contributed by atoms with Crippen LogP contribution in [0.5, 0.6) is 0 Å². The van der Waals surface area contributed by atoms with Crippen LogP contribution in [0.3, 0.4) is 0 Å². The van der Waals surface area contributed by atoms with Crippen LogP contribution in [0.4, 0.5) is 32.0 Å². The number of carboxylic acid groups (broad SMARTS) is 1. The van der Waals surface area contributed by atoms with Gasteiger partial charge >= 0.3 is 5.97 Å². The number of benzene rings is 12. The van der Waals surface area contributed by atoms with E-state index in [4.69, 9.17) is 50.6 Å². The van der Waals surface area contributed by atoms with E-state index >= 15 is 0 Å². The number of carboxylic acids is 1. The molecular formula is C108H123Cl2F6N9O15S. The Morgan fingerprint density at radius 3 is 1.04 bits per heavy atom. The molecule has 0 atom stereocenters. The number of ketones is 3. The highest BCUT2D eigenvalue weighted by molar-refractivity contribution is 7.89. The molecule has 0 aromatic heterocycles. The molecule has 0 aliphatic rings. The first-order chi connectivity index (χ1) is 66.0. The number of hydrogen-bond acceptors (Lipinski definition) is 15. The van der Waals surface area contributed by atoms with Crippen LogP contribution in [0.15, 0.2) is 248 Å². The third-order valence-electron chi connectivity index (χ3n) is 18.5. The normalized spacial score (nSPS) is 9.92. The minimum absolute atomic E-state index is 0.0302. The Morgan fingerprint density at radius 2 is 0.702 bits per heavy atom. The predicted molar refractivity (Wildman–Crippen MR) is 545 cm³/mol. The second kappa shape index (κ2) is 64.5. The summed E-state index contributed by atoms with van der Waals surface area (Å²) >= 11 is 11.5. The molecule has 0 aliphatic heterocycles. The molecule has 0 heterocycles. The molecule has 0 fully saturated rings. The van der Waals surface area contributed by atoms with Gasteiger partial charge in [0.05, 0.1) is 66.2 Å². The maximum Gasteiger partial charge on any atom is 0.338 e. The maximum absolute atomic E-state index is 13.4. The number of amides is 7. The lowest BCUT2D eigenvalue weighted by molar-refractivity contribution is -0.105. The predicted octanol–water partition coefficient (Wildman–Crippen LogP) is 20.3. The number of primary amides is 3. The molecule has 752 valence electrons. The van der Waals surface area contributed by atoms with Crippen LogP contribution in [0, 0.1) is 118 Å². The Balaban J connectivity index is 0.000000771. The number of likely N-dealkylation sites (N-methyl/N-ethyl adjacent to an activating group) is 1. The van der Waals surface area contributed by atoms with E-state index in [1.54, 1.807) is 165 Å². The Kier molecular flexibility index (Phi) is 56.9. The molecule has 13 N–H and O–H groups in total. The van der Waals surface area contributed by atoms with Crippen molar-refractivity contribution in [1.29, 1.82) is 0 Å². The number of nitrogens with two attached hydrogens (primary N) is 3. The van der Waals surface area contributed by atoms with E-state index in [0.717, 1.165) is 79.4 Å². The number of rotatable bonds is 20. The molecule has 24 nitrogen and oxygen atoms in total. The van der Waals surface area contributed by atoms with Gasteiger partial charge < -0.3 is 53.6 Å². The van der Waals surface area contributed by atoms with Crippen LogP contribution in [0.1, 0.15) is 205 Å². The van der Waals surface area contributed by atoms with E-state index in [-0.39, 0.29) is 81.1 Å². The van der Waals surface area contributed by atoms with Gasteiger partial charge in [-0.2, -0.15) is 0 Å². The fourth-order valence-electron chi connectivity index (χ4n) is 10.9. The highest BCUT2D eigenvalue weighted by Crippen LogP contribution is 2.23. The molecule has 0 saturated carbocycles. The zero-order valence-corrected chi connectivity index (χ0v) is 84.7. The summed E-state index contributed by atoms with van der Waals surface area (Å²) in [7, 11) is 1.98. The number of anilines is 1. The SMILES string of the molecule is CC(=O)c1cc(C)ccc1F.CC(=O)c1ccc(C)cc1.CC(=O)c1ccc(C)cc1F.CNC(=O)c1ccc(C)cc1F.Cc1ccc(C(=O)NCCN(C)C)c(F)c1.Cc1ccc(C(=O)NCCO)cc1.Cc1ccc(C(N)=O)c(F)c1.Cc1ccc(C(N)=O)cc1.Cc1ccc(Cl)c(C(N)=O)c1.Cc1ccc(F)c(C(=O)O)c1.Cc1ccc(NC=O)c(Cl)c1.Cc1ccc(S(=O)(=O)NC(C)C)cc1. The number of carbonyl (C=O) groups excluding carboxylic acids is 10. The summed E-state index contributed by atoms with van der Waals surface area (Å²) in [6.45, 7) is 31.7. The van der Waals surface area contributed by atoms with Crippen molar-refractivity contribution in [3.63, 3.8) is 0 Å². The average Bonchev–Trinajstić information content (AvgIpc) is 0.840. The van der Waals surface area contributed by atoms with Crippen LogP contribution in [-0.4, -0.2) is 142 Å². The van der Waals surface area contributed by atoms with Crippen molar-refractivity contribution >= 4 is 104 Å². The molecule has 0 aliphatic carbocycles. The second-order valence-electron chi connectivity index (χ2n) is 32.0. The summed E-state index contributed by atoms with van der Waals surface area (Å²) in [6, 6.07) is 65.9. The summed E-state index contributed by atoms with van der Waals surface area (Å²) in [6.07, 6.45) is 0.608. The van der Waals surface area contributed by atoms with Crippen molar-refractivity contribution in [1.82, 2.24) is 25.6 Å². The maximum atomic E-state index is 13.4. The first-order valence-corrected chi connectivity index (χ1v) is 45.5. The lowest BCUT2D eigenvalue weighted by atomic mass is 10.1. The monoisotopic (exact) mass is 2000 g/mol. The smallest absolute Gasteiger partial charge is 0.338 e. The number of Topliss-reactive ketones (excluding diaryl/α,β-unsaturated/α-hetero) is 3. The van der Waals surface area contributed by atoms with E-state index in [2.05, 4.69) is 26.0 Å². The van der Waals surface area contributed by atoms with Gasteiger partial charge in [0.25, 0.3) is 23.6 Å². The second-order valence-corrected chi connectivity index (χ2v) is 34.5.